The predicted molar refractivity (Wildman–Crippen MR) is 104 cm³/mol. The lowest BCUT2D eigenvalue weighted by molar-refractivity contribution is -0.127. The van der Waals surface area contributed by atoms with Gasteiger partial charge in [-0.25, -0.2) is 5.14 Å². The molecule has 0 heterocycles. The van der Waals surface area contributed by atoms with Crippen molar-refractivity contribution in [2.24, 2.45) is 5.14 Å². The fourth-order valence-electron chi connectivity index (χ4n) is 1.48. The number of aliphatic hydroxyl groups is 2. The van der Waals surface area contributed by atoms with Crippen molar-refractivity contribution in [3.05, 3.63) is 35.4 Å². The molecule has 150 valence electrons. The summed E-state index contributed by atoms with van der Waals surface area (Å²) in [6, 6.07) is 8.15. The van der Waals surface area contributed by atoms with Gasteiger partial charge in [0.1, 0.15) is 0 Å². The topological polar surface area (TPSA) is 110 Å². The molecule has 0 radical (unpaired) electrons. The van der Waals surface area contributed by atoms with Gasteiger partial charge >= 0.3 is 10.3 Å². The van der Waals surface area contributed by atoms with Gasteiger partial charge in [-0.1, -0.05) is 52.0 Å². The quantitative estimate of drug-likeness (QED) is 0.519. The SMILES string of the molecule is CC.CC.CC(C)(O)O.Cc1ccccc1CCCCOS(N)(=O)=O. The molecule has 1 aromatic carbocycles. The van der Waals surface area contributed by atoms with Crippen molar-refractivity contribution in [1.82, 2.24) is 0 Å². The van der Waals surface area contributed by atoms with Crippen LogP contribution in [0.3, 0.4) is 0 Å². The second kappa shape index (κ2) is 16.5. The van der Waals surface area contributed by atoms with Gasteiger partial charge in [0.05, 0.1) is 6.61 Å². The highest BCUT2D eigenvalue weighted by Crippen LogP contribution is 2.10. The smallest absolute Gasteiger partial charge is 0.333 e. The van der Waals surface area contributed by atoms with Gasteiger partial charge in [0.2, 0.25) is 0 Å². The van der Waals surface area contributed by atoms with Gasteiger partial charge in [0.15, 0.2) is 5.79 Å². The van der Waals surface area contributed by atoms with Crippen molar-refractivity contribution in [2.45, 2.75) is 73.5 Å². The second-order valence-electron chi connectivity index (χ2n) is 5.19. The standard InChI is InChI=1S/C11H17NO3S.C3H8O2.2C2H6/c1-10-6-2-3-7-11(10)8-4-5-9-15-16(12,13)14;1-3(2,4)5;2*1-2/h2-3,6-7H,4-5,8-9H2,1H3,(H2,12,13,14);4-5H,1-2H3;2*1-2H3. The fraction of sp³-hybridized carbons (Fsp3) is 0.667. The van der Waals surface area contributed by atoms with Crippen LogP contribution >= 0.6 is 0 Å². The number of unbranched alkanes of at least 4 members (excludes halogenated alkanes) is 1. The van der Waals surface area contributed by atoms with E-state index in [2.05, 4.69) is 23.2 Å². The van der Waals surface area contributed by atoms with Gasteiger partial charge in [-0.05, 0) is 51.2 Å². The summed E-state index contributed by atoms with van der Waals surface area (Å²) in [5.41, 5.74) is 2.55. The molecule has 0 aliphatic carbocycles. The zero-order chi connectivity index (χ0) is 20.5. The largest absolute Gasteiger partial charge is 0.366 e. The van der Waals surface area contributed by atoms with Crippen LogP contribution in [0.5, 0.6) is 0 Å². The lowest BCUT2D eigenvalue weighted by Gasteiger charge is -2.05. The Bertz CT molecular complexity index is 504. The van der Waals surface area contributed by atoms with Gasteiger partial charge in [-0.3, -0.25) is 4.18 Å². The molecule has 1 aromatic rings. The highest BCUT2D eigenvalue weighted by atomic mass is 32.2. The van der Waals surface area contributed by atoms with Crippen LogP contribution in [0, 0.1) is 6.92 Å². The van der Waals surface area contributed by atoms with Crippen LogP contribution in [-0.2, 0) is 20.9 Å². The Kier molecular flexibility index (Phi) is 19.0. The van der Waals surface area contributed by atoms with E-state index >= 15 is 0 Å². The molecule has 0 unspecified atom stereocenters. The van der Waals surface area contributed by atoms with E-state index < -0.39 is 16.1 Å². The number of benzene rings is 1. The first kappa shape index (κ1) is 28.8. The third-order valence-corrected chi connectivity index (χ3v) is 2.84. The van der Waals surface area contributed by atoms with Crippen molar-refractivity contribution < 1.29 is 22.8 Å². The van der Waals surface area contributed by atoms with Gasteiger partial charge < -0.3 is 10.2 Å². The first-order chi connectivity index (χ1) is 11.5. The van der Waals surface area contributed by atoms with Crippen LogP contribution in [0.4, 0.5) is 0 Å². The number of nitrogens with two attached hydrogens (primary N) is 1. The van der Waals surface area contributed by atoms with E-state index in [0.29, 0.717) is 6.42 Å². The summed E-state index contributed by atoms with van der Waals surface area (Å²) >= 11 is 0. The molecule has 0 fully saturated rings. The van der Waals surface area contributed by atoms with Crippen LogP contribution in [-0.4, -0.2) is 31.0 Å². The molecule has 1 rings (SSSR count). The average Bonchev–Trinajstić information content (AvgIpc) is 2.50. The summed E-state index contributed by atoms with van der Waals surface area (Å²) in [4.78, 5) is 0. The normalized spacial score (nSPS) is 10.3. The maximum Gasteiger partial charge on any atom is 0.333 e. The van der Waals surface area contributed by atoms with Crippen molar-refractivity contribution in [2.75, 3.05) is 6.61 Å². The molecular formula is C18H37NO5S. The summed E-state index contributed by atoms with van der Waals surface area (Å²) in [7, 11) is -3.78. The maximum atomic E-state index is 10.5. The lowest BCUT2D eigenvalue weighted by Crippen LogP contribution is -2.16. The van der Waals surface area contributed by atoms with E-state index in [0.717, 1.165) is 12.8 Å². The molecule has 25 heavy (non-hydrogen) atoms. The Balaban J connectivity index is -0.000000454. The van der Waals surface area contributed by atoms with Gasteiger partial charge in [-0.2, -0.15) is 8.42 Å². The Hall–Kier alpha value is -0.990. The summed E-state index contributed by atoms with van der Waals surface area (Å²) in [6.07, 6.45) is 2.51. The molecule has 0 atom stereocenters. The van der Waals surface area contributed by atoms with Crippen LogP contribution < -0.4 is 5.14 Å². The zero-order valence-corrected chi connectivity index (χ0v) is 17.6. The molecule has 0 spiro atoms. The van der Waals surface area contributed by atoms with E-state index in [1.165, 1.54) is 25.0 Å². The Morgan fingerprint density at radius 3 is 1.88 bits per heavy atom. The maximum absolute atomic E-state index is 10.5. The first-order valence-corrected chi connectivity index (χ1v) is 10.1. The van der Waals surface area contributed by atoms with Crippen LogP contribution in [0.25, 0.3) is 0 Å². The summed E-state index contributed by atoms with van der Waals surface area (Å²) in [6.45, 7) is 12.8. The molecule has 4 N–H and O–H groups in total. The Morgan fingerprint density at radius 2 is 1.48 bits per heavy atom. The molecule has 0 saturated carbocycles. The molecule has 0 aromatic heterocycles. The first-order valence-electron chi connectivity index (χ1n) is 8.65. The molecule has 7 heteroatoms. The molecular weight excluding hydrogens is 342 g/mol. The molecule has 6 nitrogen and oxygen atoms in total. The Morgan fingerprint density at radius 1 is 1.04 bits per heavy atom. The third-order valence-electron chi connectivity index (χ3n) is 2.35. The number of aryl methyl sites for hydroxylation is 2. The van der Waals surface area contributed by atoms with Gasteiger partial charge in [0, 0.05) is 0 Å². The molecule has 0 bridgehead atoms. The lowest BCUT2D eigenvalue weighted by atomic mass is 10.0. The van der Waals surface area contributed by atoms with E-state index in [9.17, 15) is 8.42 Å². The monoisotopic (exact) mass is 379 g/mol. The predicted octanol–water partition coefficient (Wildman–Crippen LogP) is 3.30. The highest BCUT2D eigenvalue weighted by Gasteiger charge is 2.02. The summed E-state index contributed by atoms with van der Waals surface area (Å²) in [5, 5.41) is 20.9. The highest BCUT2D eigenvalue weighted by molar-refractivity contribution is 7.84. The molecule has 0 aliphatic rings. The van der Waals surface area contributed by atoms with Crippen molar-refractivity contribution in [3.8, 4) is 0 Å². The van der Waals surface area contributed by atoms with Crippen molar-refractivity contribution in [1.29, 1.82) is 0 Å². The van der Waals surface area contributed by atoms with E-state index in [1.54, 1.807) is 0 Å². The number of hydrogen-bond donors (Lipinski definition) is 3. The molecule has 0 amide bonds. The van der Waals surface area contributed by atoms with Crippen LogP contribution in [0.2, 0.25) is 0 Å². The van der Waals surface area contributed by atoms with Gasteiger partial charge in [0.25, 0.3) is 0 Å². The van der Waals surface area contributed by atoms with Crippen molar-refractivity contribution >= 4 is 10.3 Å². The van der Waals surface area contributed by atoms with Crippen LogP contribution in [0.1, 0.15) is 65.5 Å². The van der Waals surface area contributed by atoms with Crippen LogP contribution in [0.15, 0.2) is 24.3 Å². The third kappa shape index (κ3) is 28.1. The fourth-order valence-corrected chi connectivity index (χ4v) is 1.83. The minimum absolute atomic E-state index is 0.157. The summed E-state index contributed by atoms with van der Waals surface area (Å²) in [5.74, 6) is -1.50. The van der Waals surface area contributed by atoms with E-state index in [1.807, 2.05) is 39.8 Å². The number of hydrogen-bond acceptors (Lipinski definition) is 5. The molecule has 0 aliphatic heterocycles. The zero-order valence-electron chi connectivity index (χ0n) is 16.7. The van der Waals surface area contributed by atoms with Gasteiger partial charge in [-0.15, -0.1) is 0 Å². The second-order valence-corrected chi connectivity index (χ2v) is 6.41. The minimum atomic E-state index is -3.78. The Labute approximate surface area is 154 Å². The van der Waals surface area contributed by atoms with Crippen molar-refractivity contribution in [3.63, 3.8) is 0 Å². The molecule has 0 saturated heterocycles. The number of rotatable bonds is 6. The van der Waals surface area contributed by atoms with E-state index in [4.69, 9.17) is 15.4 Å². The van der Waals surface area contributed by atoms with E-state index in [-0.39, 0.29) is 6.61 Å². The minimum Gasteiger partial charge on any atom is -0.366 e. The summed E-state index contributed by atoms with van der Waals surface area (Å²) < 4.78 is 25.4. The average molecular weight is 380 g/mol.